The molecule has 0 bridgehead atoms. The molecule has 1 atom stereocenters. The molecule has 0 aliphatic heterocycles. The van der Waals surface area contributed by atoms with Crippen LogP contribution in [0.2, 0.25) is 0 Å². The Kier molecular flexibility index (Phi) is 3.13. The second-order valence-electron chi connectivity index (χ2n) is 3.84. The first-order chi connectivity index (χ1) is 5.18. The Hall–Kier alpha value is -0.300. The van der Waals surface area contributed by atoms with Gasteiger partial charge in [0.15, 0.2) is 0 Å². The first kappa shape index (κ1) is 8.79. The van der Waals surface area contributed by atoms with Crippen molar-refractivity contribution in [1.82, 2.24) is 5.32 Å². The van der Waals surface area contributed by atoms with E-state index in [1.165, 1.54) is 19.3 Å². The van der Waals surface area contributed by atoms with Gasteiger partial charge in [0, 0.05) is 12.1 Å². The smallest absolute Gasteiger partial charge is 0.0107 e. The van der Waals surface area contributed by atoms with Crippen molar-refractivity contribution in [2.24, 2.45) is 0 Å². The van der Waals surface area contributed by atoms with E-state index >= 15 is 0 Å². The van der Waals surface area contributed by atoms with Gasteiger partial charge in [-0.05, 0) is 26.2 Å². The number of hydrogen-bond donors (Lipinski definition) is 1. The van der Waals surface area contributed by atoms with Crippen LogP contribution in [0.15, 0.2) is 11.6 Å². The minimum absolute atomic E-state index is 0.631. The molecule has 1 heteroatoms. The van der Waals surface area contributed by atoms with Gasteiger partial charge in [-0.3, -0.25) is 0 Å². The van der Waals surface area contributed by atoms with Crippen molar-refractivity contribution in [3.05, 3.63) is 11.6 Å². The normalized spacial score (nSPS) is 25.5. The molecule has 0 fully saturated rings. The highest BCUT2D eigenvalue weighted by molar-refractivity contribution is 5.04. The van der Waals surface area contributed by atoms with Gasteiger partial charge in [0.25, 0.3) is 0 Å². The lowest BCUT2D eigenvalue weighted by molar-refractivity contribution is 0.429. The monoisotopic (exact) mass is 153 g/mol. The third-order valence-corrected chi connectivity index (χ3v) is 2.21. The summed E-state index contributed by atoms with van der Waals surface area (Å²) in [4.78, 5) is 0. The van der Waals surface area contributed by atoms with E-state index in [4.69, 9.17) is 0 Å². The van der Waals surface area contributed by atoms with Crippen LogP contribution in [0.3, 0.4) is 0 Å². The Morgan fingerprint density at radius 3 is 2.73 bits per heavy atom. The van der Waals surface area contributed by atoms with Crippen molar-refractivity contribution in [1.29, 1.82) is 0 Å². The zero-order valence-corrected chi connectivity index (χ0v) is 7.85. The predicted octanol–water partition coefficient (Wildman–Crippen LogP) is 2.48. The molecule has 0 saturated carbocycles. The van der Waals surface area contributed by atoms with Gasteiger partial charge in [-0.25, -0.2) is 0 Å². The maximum Gasteiger partial charge on any atom is 0.0107 e. The Balaban J connectivity index is 2.29. The van der Waals surface area contributed by atoms with Gasteiger partial charge in [0.1, 0.15) is 0 Å². The van der Waals surface area contributed by atoms with Crippen LogP contribution in [0.25, 0.3) is 0 Å². The lowest BCUT2D eigenvalue weighted by Gasteiger charge is -2.23. The number of rotatable bonds is 2. The fourth-order valence-corrected chi connectivity index (χ4v) is 1.59. The molecule has 0 aromatic carbocycles. The fraction of sp³-hybridized carbons (Fsp3) is 0.800. The first-order valence-corrected chi connectivity index (χ1v) is 4.60. The summed E-state index contributed by atoms with van der Waals surface area (Å²) in [5.74, 6) is 0. The van der Waals surface area contributed by atoms with Gasteiger partial charge in [0.05, 0.1) is 0 Å². The van der Waals surface area contributed by atoms with E-state index in [2.05, 4.69) is 32.2 Å². The van der Waals surface area contributed by atoms with E-state index in [9.17, 15) is 0 Å². The third kappa shape index (κ3) is 3.06. The molecule has 1 unspecified atom stereocenters. The Morgan fingerprint density at radius 2 is 2.27 bits per heavy atom. The van der Waals surface area contributed by atoms with Gasteiger partial charge in [-0.15, -0.1) is 0 Å². The quantitative estimate of drug-likeness (QED) is 0.601. The topological polar surface area (TPSA) is 12.0 Å². The molecular weight excluding hydrogens is 134 g/mol. The summed E-state index contributed by atoms with van der Waals surface area (Å²) in [6.07, 6.45) is 6.19. The maximum absolute atomic E-state index is 3.56. The van der Waals surface area contributed by atoms with Crippen molar-refractivity contribution in [3.63, 3.8) is 0 Å². The lowest BCUT2D eigenvalue weighted by Crippen LogP contribution is -2.35. The Morgan fingerprint density at radius 1 is 1.55 bits per heavy atom. The van der Waals surface area contributed by atoms with Crippen molar-refractivity contribution in [2.75, 3.05) is 0 Å². The zero-order chi connectivity index (χ0) is 8.27. The highest BCUT2D eigenvalue weighted by Crippen LogP contribution is 2.17. The molecular formula is C10H19N. The molecule has 64 valence electrons. The lowest BCUT2D eigenvalue weighted by atomic mass is 9.96. The second-order valence-corrected chi connectivity index (χ2v) is 3.84. The molecule has 1 aliphatic carbocycles. The van der Waals surface area contributed by atoms with Crippen LogP contribution in [-0.2, 0) is 0 Å². The molecule has 0 radical (unpaired) electrons. The van der Waals surface area contributed by atoms with E-state index in [1.807, 2.05) is 0 Å². The largest absolute Gasteiger partial charge is 0.311 e. The van der Waals surface area contributed by atoms with E-state index in [0.29, 0.717) is 6.04 Å². The van der Waals surface area contributed by atoms with E-state index in [-0.39, 0.29) is 0 Å². The van der Waals surface area contributed by atoms with E-state index in [0.717, 1.165) is 6.04 Å². The third-order valence-electron chi connectivity index (χ3n) is 2.21. The molecule has 1 rings (SSSR count). The summed E-state index contributed by atoms with van der Waals surface area (Å²) >= 11 is 0. The molecule has 1 N–H and O–H groups in total. The van der Waals surface area contributed by atoms with Gasteiger partial charge in [-0.2, -0.15) is 0 Å². The van der Waals surface area contributed by atoms with Crippen molar-refractivity contribution in [3.8, 4) is 0 Å². The minimum atomic E-state index is 0.631. The summed E-state index contributed by atoms with van der Waals surface area (Å²) in [6, 6.07) is 1.37. The second kappa shape index (κ2) is 3.91. The fourth-order valence-electron chi connectivity index (χ4n) is 1.59. The van der Waals surface area contributed by atoms with Crippen LogP contribution in [0.4, 0.5) is 0 Å². The summed E-state index contributed by atoms with van der Waals surface area (Å²) in [6.45, 7) is 6.65. The van der Waals surface area contributed by atoms with Crippen molar-refractivity contribution < 1.29 is 0 Å². The molecule has 0 saturated heterocycles. The summed E-state index contributed by atoms with van der Waals surface area (Å²) in [5, 5.41) is 3.56. The van der Waals surface area contributed by atoms with Crippen molar-refractivity contribution >= 4 is 0 Å². The zero-order valence-electron chi connectivity index (χ0n) is 7.85. The molecule has 1 aliphatic rings. The van der Waals surface area contributed by atoms with Gasteiger partial charge < -0.3 is 5.32 Å². The average Bonchev–Trinajstić information content (AvgIpc) is 1.93. The molecule has 11 heavy (non-hydrogen) atoms. The average molecular weight is 153 g/mol. The summed E-state index contributed by atoms with van der Waals surface area (Å²) < 4.78 is 0. The molecule has 0 aromatic rings. The maximum atomic E-state index is 3.56. The van der Waals surface area contributed by atoms with E-state index in [1.54, 1.807) is 5.57 Å². The predicted molar refractivity (Wildman–Crippen MR) is 49.7 cm³/mol. The van der Waals surface area contributed by atoms with Crippen LogP contribution >= 0.6 is 0 Å². The Bertz CT molecular complexity index is 147. The van der Waals surface area contributed by atoms with Crippen LogP contribution in [0.5, 0.6) is 0 Å². The van der Waals surface area contributed by atoms with Crippen LogP contribution in [0.1, 0.15) is 40.0 Å². The minimum Gasteiger partial charge on any atom is -0.311 e. The number of hydrogen-bond acceptors (Lipinski definition) is 1. The molecule has 0 heterocycles. The van der Waals surface area contributed by atoms with E-state index < -0.39 is 0 Å². The van der Waals surface area contributed by atoms with Crippen molar-refractivity contribution in [2.45, 2.75) is 52.1 Å². The summed E-state index contributed by atoms with van der Waals surface area (Å²) in [5.41, 5.74) is 1.56. The van der Waals surface area contributed by atoms with Crippen LogP contribution in [-0.4, -0.2) is 12.1 Å². The first-order valence-electron chi connectivity index (χ1n) is 4.60. The molecule has 0 aromatic heterocycles. The SMILES string of the molecule is CC1=CCC(NC(C)C)CC1. The Labute approximate surface area is 69.9 Å². The molecule has 0 amide bonds. The molecule has 0 spiro atoms. The number of nitrogens with one attached hydrogen (secondary N) is 1. The van der Waals surface area contributed by atoms with Gasteiger partial charge >= 0.3 is 0 Å². The van der Waals surface area contributed by atoms with Crippen LogP contribution in [0, 0.1) is 0 Å². The standard InChI is InChI=1S/C10H19N/c1-8(2)11-10-6-4-9(3)5-7-10/h4,8,10-11H,5-7H2,1-3H3. The summed E-state index contributed by atoms with van der Waals surface area (Å²) in [7, 11) is 0. The highest BCUT2D eigenvalue weighted by Gasteiger charge is 2.11. The van der Waals surface area contributed by atoms with Crippen LogP contribution < -0.4 is 5.32 Å². The highest BCUT2D eigenvalue weighted by atomic mass is 14.9. The van der Waals surface area contributed by atoms with Gasteiger partial charge in [-0.1, -0.05) is 25.5 Å². The number of allylic oxidation sites excluding steroid dienone is 1. The van der Waals surface area contributed by atoms with Gasteiger partial charge in [0.2, 0.25) is 0 Å². The molecule has 1 nitrogen and oxygen atoms in total.